The smallest absolute Gasteiger partial charge is 0.0140 e. The molecule has 1 aromatic rings. The lowest BCUT2D eigenvalue weighted by Gasteiger charge is -1.97. The minimum atomic E-state index is 0. The van der Waals surface area contributed by atoms with Crippen LogP contribution in [0.15, 0.2) is 30.3 Å². The van der Waals surface area contributed by atoms with Crippen molar-refractivity contribution in [2.24, 2.45) is 0 Å². The highest BCUT2D eigenvalue weighted by Gasteiger charge is 2.36. The Morgan fingerprint density at radius 3 is 2.42 bits per heavy atom. The lowest BCUT2D eigenvalue weighted by Crippen LogP contribution is -2.09. The van der Waals surface area contributed by atoms with Crippen LogP contribution < -0.4 is 5.32 Å². The molecule has 0 bridgehead atoms. The molecule has 66 valence electrons. The van der Waals surface area contributed by atoms with E-state index in [4.69, 9.17) is 0 Å². The quantitative estimate of drug-likeness (QED) is 0.741. The second-order valence-electron chi connectivity index (χ2n) is 3.15. The zero-order valence-electron chi connectivity index (χ0n) is 7.16. The van der Waals surface area contributed by atoms with Crippen LogP contribution in [-0.2, 0) is 0 Å². The molecule has 1 unspecified atom stereocenters. The minimum absolute atomic E-state index is 0. The van der Waals surface area contributed by atoms with Crippen LogP contribution in [0.3, 0.4) is 0 Å². The molecular weight excluding hydrogens is 170 g/mol. The number of hydrogen-bond acceptors (Lipinski definition) is 1. The Morgan fingerprint density at radius 2 is 1.92 bits per heavy atom. The van der Waals surface area contributed by atoms with Crippen molar-refractivity contribution in [3.63, 3.8) is 0 Å². The fourth-order valence-corrected chi connectivity index (χ4v) is 1.58. The van der Waals surface area contributed by atoms with Gasteiger partial charge in [0, 0.05) is 12.0 Å². The first kappa shape index (κ1) is 9.56. The monoisotopic (exact) mass is 183 g/mol. The van der Waals surface area contributed by atoms with Gasteiger partial charge in [0.05, 0.1) is 0 Å². The van der Waals surface area contributed by atoms with Gasteiger partial charge >= 0.3 is 0 Å². The Bertz CT molecular complexity index is 235. The molecule has 1 nitrogen and oxygen atoms in total. The van der Waals surface area contributed by atoms with Crippen molar-refractivity contribution in [2.75, 3.05) is 7.05 Å². The molecule has 0 saturated heterocycles. The molecule has 2 atom stereocenters. The van der Waals surface area contributed by atoms with Crippen LogP contribution in [-0.4, -0.2) is 13.1 Å². The fourth-order valence-electron chi connectivity index (χ4n) is 1.58. The molecule has 0 aliphatic heterocycles. The van der Waals surface area contributed by atoms with E-state index in [2.05, 4.69) is 35.6 Å². The van der Waals surface area contributed by atoms with Gasteiger partial charge in [0.15, 0.2) is 0 Å². The molecule has 0 aromatic heterocycles. The summed E-state index contributed by atoms with van der Waals surface area (Å²) in [5.74, 6) is 0.779. The van der Waals surface area contributed by atoms with Crippen molar-refractivity contribution in [3.05, 3.63) is 35.9 Å². The molecular formula is C10H14ClN. The summed E-state index contributed by atoms with van der Waals surface area (Å²) < 4.78 is 0. The Morgan fingerprint density at radius 1 is 1.25 bits per heavy atom. The molecule has 0 heterocycles. The summed E-state index contributed by atoms with van der Waals surface area (Å²) in [6.45, 7) is 0. The minimum Gasteiger partial charge on any atom is -0.316 e. The van der Waals surface area contributed by atoms with E-state index < -0.39 is 0 Å². The predicted octanol–water partition coefficient (Wildman–Crippen LogP) is 2.18. The summed E-state index contributed by atoms with van der Waals surface area (Å²) in [7, 11) is 2.04. The highest BCUT2D eigenvalue weighted by molar-refractivity contribution is 5.85. The van der Waals surface area contributed by atoms with Gasteiger partial charge in [-0.3, -0.25) is 0 Å². The van der Waals surface area contributed by atoms with Gasteiger partial charge < -0.3 is 5.32 Å². The Balaban J connectivity index is 0.000000720. The lowest BCUT2D eigenvalue weighted by atomic mass is 10.1. The fraction of sp³-hybridized carbons (Fsp3) is 0.400. The topological polar surface area (TPSA) is 12.0 Å². The van der Waals surface area contributed by atoms with Crippen molar-refractivity contribution in [2.45, 2.75) is 18.4 Å². The van der Waals surface area contributed by atoms with Crippen LogP contribution in [0.2, 0.25) is 0 Å². The van der Waals surface area contributed by atoms with Crippen LogP contribution >= 0.6 is 12.4 Å². The highest BCUT2D eigenvalue weighted by Crippen LogP contribution is 2.39. The first-order valence-electron chi connectivity index (χ1n) is 4.14. The zero-order chi connectivity index (χ0) is 7.68. The van der Waals surface area contributed by atoms with Crippen LogP contribution in [0.4, 0.5) is 0 Å². The van der Waals surface area contributed by atoms with Gasteiger partial charge in [-0.2, -0.15) is 0 Å². The average Bonchev–Trinajstić information content (AvgIpc) is 2.85. The molecule has 2 rings (SSSR count). The molecule has 1 saturated carbocycles. The number of rotatable bonds is 2. The van der Waals surface area contributed by atoms with Crippen molar-refractivity contribution >= 4 is 12.4 Å². The Labute approximate surface area is 79.6 Å². The van der Waals surface area contributed by atoms with E-state index in [1.54, 1.807) is 0 Å². The van der Waals surface area contributed by atoms with E-state index in [1.807, 2.05) is 7.05 Å². The maximum absolute atomic E-state index is 3.29. The average molecular weight is 184 g/mol. The summed E-state index contributed by atoms with van der Waals surface area (Å²) in [4.78, 5) is 0. The molecule has 1 aliphatic rings. The first-order chi connectivity index (χ1) is 5.42. The summed E-state index contributed by atoms with van der Waals surface area (Å²) in [5, 5.41) is 3.29. The Kier molecular flexibility index (Phi) is 3.12. The SMILES string of the molecule is CN[C@@H]1CC1c1ccccc1.Cl. The second-order valence-corrected chi connectivity index (χ2v) is 3.15. The van der Waals surface area contributed by atoms with Gasteiger partial charge in [0.1, 0.15) is 0 Å². The van der Waals surface area contributed by atoms with Gasteiger partial charge in [0.2, 0.25) is 0 Å². The first-order valence-corrected chi connectivity index (χ1v) is 4.14. The van der Waals surface area contributed by atoms with Gasteiger partial charge in [-0.25, -0.2) is 0 Å². The number of likely N-dealkylation sites (N-methyl/N-ethyl adjacent to an activating group) is 1. The van der Waals surface area contributed by atoms with Gasteiger partial charge in [-0.05, 0) is 19.0 Å². The van der Waals surface area contributed by atoms with Crippen LogP contribution in [0, 0.1) is 0 Å². The number of benzene rings is 1. The van der Waals surface area contributed by atoms with Gasteiger partial charge in [-0.15, -0.1) is 12.4 Å². The summed E-state index contributed by atoms with van der Waals surface area (Å²) >= 11 is 0. The standard InChI is InChI=1S/C10H13N.ClH/c1-11-10-7-9(10)8-5-3-2-4-6-8;/h2-6,9-11H,7H2,1H3;1H/t9?,10-;/m1./s1. The highest BCUT2D eigenvalue weighted by atomic mass is 35.5. The summed E-state index contributed by atoms with van der Waals surface area (Å²) in [6.07, 6.45) is 1.31. The molecule has 0 spiro atoms. The van der Waals surface area contributed by atoms with E-state index in [-0.39, 0.29) is 12.4 Å². The third kappa shape index (κ3) is 1.79. The van der Waals surface area contributed by atoms with Crippen molar-refractivity contribution in [3.8, 4) is 0 Å². The molecule has 0 amide bonds. The summed E-state index contributed by atoms with van der Waals surface area (Å²) in [6, 6.07) is 11.4. The molecule has 1 aromatic carbocycles. The molecule has 1 N–H and O–H groups in total. The van der Waals surface area contributed by atoms with E-state index in [0.29, 0.717) is 0 Å². The molecule has 0 radical (unpaired) electrons. The third-order valence-electron chi connectivity index (χ3n) is 2.39. The van der Waals surface area contributed by atoms with Crippen molar-refractivity contribution < 1.29 is 0 Å². The largest absolute Gasteiger partial charge is 0.316 e. The van der Waals surface area contributed by atoms with Gasteiger partial charge in [-0.1, -0.05) is 30.3 Å². The van der Waals surface area contributed by atoms with Gasteiger partial charge in [0.25, 0.3) is 0 Å². The molecule has 12 heavy (non-hydrogen) atoms. The van der Waals surface area contributed by atoms with Crippen molar-refractivity contribution in [1.82, 2.24) is 5.32 Å². The predicted molar refractivity (Wildman–Crippen MR) is 53.9 cm³/mol. The van der Waals surface area contributed by atoms with Crippen LogP contribution in [0.1, 0.15) is 17.9 Å². The molecule has 1 fully saturated rings. The maximum atomic E-state index is 3.29. The summed E-state index contributed by atoms with van der Waals surface area (Å²) in [5.41, 5.74) is 1.48. The molecule has 2 heteroatoms. The molecule has 1 aliphatic carbocycles. The van der Waals surface area contributed by atoms with E-state index in [9.17, 15) is 0 Å². The zero-order valence-corrected chi connectivity index (χ0v) is 7.97. The number of hydrogen-bond donors (Lipinski definition) is 1. The second kappa shape index (κ2) is 3.92. The van der Waals surface area contributed by atoms with E-state index in [0.717, 1.165) is 12.0 Å². The lowest BCUT2D eigenvalue weighted by molar-refractivity contribution is 0.783. The van der Waals surface area contributed by atoms with E-state index >= 15 is 0 Å². The van der Waals surface area contributed by atoms with Crippen LogP contribution in [0.25, 0.3) is 0 Å². The van der Waals surface area contributed by atoms with Crippen LogP contribution in [0.5, 0.6) is 0 Å². The number of halogens is 1. The maximum Gasteiger partial charge on any atom is 0.0140 e. The third-order valence-corrected chi connectivity index (χ3v) is 2.39. The normalized spacial score (nSPS) is 26.1. The number of nitrogens with one attached hydrogen (secondary N) is 1. The van der Waals surface area contributed by atoms with Crippen molar-refractivity contribution in [1.29, 1.82) is 0 Å². The van der Waals surface area contributed by atoms with E-state index in [1.165, 1.54) is 12.0 Å². The Hall–Kier alpha value is -0.530.